The second-order valence-electron chi connectivity index (χ2n) is 4.99. The van der Waals surface area contributed by atoms with Crippen molar-refractivity contribution in [3.05, 3.63) is 29.8 Å². The van der Waals surface area contributed by atoms with Gasteiger partial charge in [-0.25, -0.2) is 13.6 Å². The number of ether oxygens (including phenoxy) is 1. The number of nitrogens with one attached hydrogen (secondary N) is 1. The molecule has 1 rings (SSSR count). The van der Waals surface area contributed by atoms with Crippen molar-refractivity contribution in [3.8, 4) is 0 Å². The van der Waals surface area contributed by atoms with E-state index in [1.54, 1.807) is 26.0 Å². The number of carbonyl (C=O) groups is 2. The van der Waals surface area contributed by atoms with Crippen molar-refractivity contribution in [2.24, 2.45) is 5.14 Å². The molecule has 24 heavy (non-hydrogen) atoms. The molecular weight excluding hydrogens is 352 g/mol. The monoisotopic (exact) mass is 374 g/mol. The minimum absolute atomic E-state index is 0.0549. The molecule has 1 aromatic rings. The molecule has 0 aromatic heterocycles. The predicted molar refractivity (Wildman–Crippen MR) is 93.1 cm³/mol. The molecule has 0 bridgehead atoms. The van der Waals surface area contributed by atoms with Crippen LogP contribution in [0.3, 0.4) is 0 Å². The van der Waals surface area contributed by atoms with Crippen LogP contribution in [-0.4, -0.2) is 44.4 Å². The van der Waals surface area contributed by atoms with E-state index in [1.165, 1.54) is 23.9 Å². The predicted octanol–water partition coefficient (Wildman–Crippen LogP) is 0.678. The van der Waals surface area contributed by atoms with Crippen molar-refractivity contribution < 1.29 is 22.7 Å². The van der Waals surface area contributed by atoms with Gasteiger partial charge in [0.25, 0.3) is 0 Å². The number of sulfonamides is 1. The van der Waals surface area contributed by atoms with Gasteiger partial charge in [0.15, 0.2) is 0 Å². The van der Waals surface area contributed by atoms with Gasteiger partial charge in [-0.1, -0.05) is 12.1 Å². The van der Waals surface area contributed by atoms with Crippen LogP contribution in [0.1, 0.15) is 19.4 Å². The SMILES string of the molecule is CCOC(=O)CS[C@H](C)C(=O)NCCc1ccc(S(N)(=O)=O)cc1. The van der Waals surface area contributed by atoms with Crippen LogP contribution in [0.4, 0.5) is 0 Å². The molecule has 9 heteroatoms. The van der Waals surface area contributed by atoms with Crippen LogP contribution in [-0.2, 0) is 30.8 Å². The Morgan fingerprint density at radius 2 is 1.92 bits per heavy atom. The summed E-state index contributed by atoms with van der Waals surface area (Å²) in [5.41, 5.74) is 0.884. The van der Waals surface area contributed by atoms with Crippen LogP contribution in [0, 0.1) is 0 Å². The van der Waals surface area contributed by atoms with Gasteiger partial charge >= 0.3 is 5.97 Å². The van der Waals surface area contributed by atoms with Crippen molar-refractivity contribution >= 4 is 33.7 Å². The number of esters is 1. The number of hydrogen-bond donors (Lipinski definition) is 2. The molecule has 0 unspecified atom stereocenters. The zero-order valence-electron chi connectivity index (χ0n) is 13.7. The minimum Gasteiger partial charge on any atom is -0.465 e. The Labute approximate surface area is 146 Å². The molecule has 3 N–H and O–H groups in total. The Kier molecular flexibility index (Phi) is 8.23. The Morgan fingerprint density at radius 1 is 1.29 bits per heavy atom. The van der Waals surface area contributed by atoms with Gasteiger partial charge < -0.3 is 10.1 Å². The van der Waals surface area contributed by atoms with Gasteiger partial charge in [0, 0.05) is 6.54 Å². The van der Waals surface area contributed by atoms with E-state index in [9.17, 15) is 18.0 Å². The van der Waals surface area contributed by atoms with Crippen LogP contribution in [0.15, 0.2) is 29.2 Å². The molecule has 7 nitrogen and oxygen atoms in total. The molecular formula is C15H22N2O5S2. The number of amides is 1. The fraction of sp³-hybridized carbons (Fsp3) is 0.467. The summed E-state index contributed by atoms with van der Waals surface area (Å²) in [6, 6.07) is 6.18. The zero-order chi connectivity index (χ0) is 18.2. The van der Waals surface area contributed by atoms with Crippen molar-refractivity contribution in [2.75, 3.05) is 18.9 Å². The largest absolute Gasteiger partial charge is 0.465 e. The summed E-state index contributed by atoms with van der Waals surface area (Å²) in [6.07, 6.45) is 0.561. The molecule has 0 heterocycles. The summed E-state index contributed by atoms with van der Waals surface area (Å²) in [5.74, 6) is -0.361. The first-order valence-corrected chi connectivity index (χ1v) is 10.00. The maximum absolute atomic E-state index is 11.9. The van der Waals surface area contributed by atoms with Gasteiger partial charge in [0.2, 0.25) is 15.9 Å². The number of primary sulfonamides is 1. The lowest BCUT2D eigenvalue weighted by Crippen LogP contribution is -2.33. The van der Waals surface area contributed by atoms with Gasteiger partial charge in [0.05, 0.1) is 22.5 Å². The fourth-order valence-electron chi connectivity index (χ4n) is 1.79. The topological polar surface area (TPSA) is 116 Å². The van der Waals surface area contributed by atoms with Gasteiger partial charge in [-0.2, -0.15) is 0 Å². The molecule has 1 atom stereocenters. The van der Waals surface area contributed by atoms with Crippen LogP contribution in [0.25, 0.3) is 0 Å². The first kappa shape index (κ1) is 20.5. The molecule has 1 aromatic carbocycles. The summed E-state index contributed by atoms with van der Waals surface area (Å²) < 4.78 is 27.1. The molecule has 134 valence electrons. The highest BCUT2D eigenvalue weighted by atomic mass is 32.2. The second-order valence-corrected chi connectivity index (χ2v) is 7.88. The quantitative estimate of drug-likeness (QED) is 0.614. The van der Waals surface area contributed by atoms with E-state index in [1.807, 2.05) is 0 Å². The first-order valence-electron chi connectivity index (χ1n) is 7.40. The lowest BCUT2D eigenvalue weighted by molar-refractivity contribution is -0.139. The lowest BCUT2D eigenvalue weighted by Gasteiger charge is -2.11. The van der Waals surface area contributed by atoms with E-state index in [-0.39, 0.29) is 27.8 Å². The van der Waals surface area contributed by atoms with Crippen LogP contribution in [0.5, 0.6) is 0 Å². The van der Waals surface area contributed by atoms with Gasteiger partial charge in [-0.05, 0) is 38.0 Å². The fourth-order valence-corrected chi connectivity index (χ4v) is 3.01. The average molecular weight is 374 g/mol. The van der Waals surface area contributed by atoms with Crippen LogP contribution in [0.2, 0.25) is 0 Å². The number of rotatable bonds is 9. The van der Waals surface area contributed by atoms with Crippen LogP contribution >= 0.6 is 11.8 Å². The van der Waals surface area contributed by atoms with Gasteiger partial charge in [-0.3, -0.25) is 9.59 Å². The number of nitrogens with two attached hydrogens (primary N) is 1. The van der Waals surface area contributed by atoms with Crippen molar-refractivity contribution in [1.29, 1.82) is 0 Å². The third-order valence-electron chi connectivity index (χ3n) is 3.09. The Balaban J connectivity index is 2.36. The first-order chi connectivity index (χ1) is 11.2. The Hall–Kier alpha value is -1.58. The molecule has 0 radical (unpaired) electrons. The number of carbonyl (C=O) groups excluding carboxylic acids is 2. The summed E-state index contributed by atoms with van der Waals surface area (Å²) in [6.45, 7) is 4.19. The van der Waals surface area contributed by atoms with Crippen LogP contribution < -0.4 is 10.5 Å². The summed E-state index contributed by atoms with van der Waals surface area (Å²) >= 11 is 1.22. The van der Waals surface area contributed by atoms with E-state index in [0.717, 1.165) is 5.56 Å². The Morgan fingerprint density at radius 3 is 2.46 bits per heavy atom. The van der Waals surface area contributed by atoms with E-state index >= 15 is 0 Å². The normalized spacial score (nSPS) is 12.5. The minimum atomic E-state index is -3.69. The molecule has 0 fully saturated rings. The zero-order valence-corrected chi connectivity index (χ0v) is 15.3. The van der Waals surface area contributed by atoms with E-state index in [2.05, 4.69) is 5.32 Å². The summed E-state index contributed by atoms with van der Waals surface area (Å²) in [4.78, 5) is 23.2. The molecule has 0 aliphatic rings. The molecule has 0 aliphatic carbocycles. The third kappa shape index (κ3) is 7.33. The molecule has 0 spiro atoms. The highest BCUT2D eigenvalue weighted by Gasteiger charge is 2.15. The maximum Gasteiger partial charge on any atom is 0.315 e. The lowest BCUT2D eigenvalue weighted by atomic mass is 10.1. The van der Waals surface area contributed by atoms with E-state index < -0.39 is 10.0 Å². The molecule has 0 saturated heterocycles. The number of hydrogen-bond acceptors (Lipinski definition) is 6. The van der Waals surface area contributed by atoms with Crippen molar-refractivity contribution in [2.45, 2.75) is 30.4 Å². The number of benzene rings is 1. The number of thioether (sulfide) groups is 1. The van der Waals surface area contributed by atoms with Gasteiger partial charge in [0.1, 0.15) is 0 Å². The Bertz CT molecular complexity index is 659. The molecule has 0 saturated carbocycles. The van der Waals surface area contributed by atoms with Crippen molar-refractivity contribution in [1.82, 2.24) is 5.32 Å². The molecule has 1 amide bonds. The highest BCUT2D eigenvalue weighted by Crippen LogP contribution is 2.11. The van der Waals surface area contributed by atoms with Crippen molar-refractivity contribution in [3.63, 3.8) is 0 Å². The third-order valence-corrected chi connectivity index (χ3v) is 5.14. The highest BCUT2D eigenvalue weighted by molar-refractivity contribution is 8.01. The molecule has 0 aliphatic heterocycles. The smallest absolute Gasteiger partial charge is 0.315 e. The van der Waals surface area contributed by atoms with E-state index in [0.29, 0.717) is 19.6 Å². The summed E-state index contributed by atoms with van der Waals surface area (Å²) in [7, 11) is -3.69. The second kappa shape index (κ2) is 9.65. The summed E-state index contributed by atoms with van der Waals surface area (Å²) in [5, 5.41) is 7.44. The van der Waals surface area contributed by atoms with E-state index in [4.69, 9.17) is 9.88 Å². The van der Waals surface area contributed by atoms with Gasteiger partial charge in [-0.15, -0.1) is 11.8 Å². The maximum atomic E-state index is 11.9. The average Bonchev–Trinajstić information content (AvgIpc) is 2.52. The standard InChI is InChI=1S/C15H22N2O5S2/c1-3-22-14(18)10-23-11(2)15(19)17-9-8-12-4-6-13(7-5-12)24(16,20)21/h4-7,11H,3,8-10H2,1-2H3,(H,17,19)(H2,16,20,21)/t11-/m1/s1.